The molecule has 15 heavy (non-hydrogen) atoms. The highest BCUT2D eigenvalue weighted by atomic mass is 79.9. The molecule has 1 heterocycles. The van der Waals surface area contributed by atoms with Gasteiger partial charge in [0.15, 0.2) is 0 Å². The Hall–Kier alpha value is -1.34. The Kier molecular flexibility index (Phi) is 4.85. The van der Waals surface area contributed by atoms with E-state index >= 15 is 0 Å². The number of carbonyl (C=O) groups is 1. The number of halogens is 1. The molecule has 1 rings (SSSR count). The molecule has 0 bridgehead atoms. The molecule has 0 spiro atoms. The Morgan fingerprint density at radius 2 is 2.40 bits per heavy atom. The number of carbonyl (C=O) groups excluding carboxylic acids is 1. The lowest BCUT2D eigenvalue weighted by Gasteiger charge is -1.94. The van der Waals surface area contributed by atoms with Gasteiger partial charge < -0.3 is 5.32 Å². The third-order valence-corrected chi connectivity index (χ3v) is 2.05. The molecule has 1 aromatic rings. The first-order valence-electron chi connectivity index (χ1n) is 4.53. The van der Waals surface area contributed by atoms with E-state index in [1.807, 2.05) is 12.1 Å². The quantitative estimate of drug-likeness (QED) is 0.503. The van der Waals surface area contributed by atoms with Crippen molar-refractivity contribution in [2.75, 3.05) is 6.54 Å². The highest BCUT2D eigenvalue weighted by molar-refractivity contribution is 9.10. The van der Waals surface area contributed by atoms with Crippen molar-refractivity contribution in [3.63, 3.8) is 0 Å². The van der Waals surface area contributed by atoms with Crippen LogP contribution in [0.25, 0.3) is 0 Å². The Morgan fingerprint density at radius 1 is 1.60 bits per heavy atom. The molecule has 0 saturated heterocycles. The summed E-state index contributed by atoms with van der Waals surface area (Å²) in [6.07, 6.45) is 2.35. The van der Waals surface area contributed by atoms with E-state index in [0.717, 1.165) is 10.2 Å². The zero-order valence-electron chi connectivity index (χ0n) is 8.38. The molecule has 3 nitrogen and oxygen atoms in total. The lowest BCUT2D eigenvalue weighted by atomic mass is 10.3. The predicted molar refractivity (Wildman–Crippen MR) is 62.1 cm³/mol. The lowest BCUT2D eigenvalue weighted by Crippen LogP contribution is -2.20. The Bertz CT molecular complexity index is 389. The van der Waals surface area contributed by atoms with E-state index in [-0.39, 0.29) is 5.91 Å². The fraction of sp³-hybridized carbons (Fsp3) is 0.273. The number of aromatic nitrogens is 1. The summed E-state index contributed by atoms with van der Waals surface area (Å²) in [5.41, 5.74) is 0.876. The summed E-state index contributed by atoms with van der Waals surface area (Å²) in [6, 6.07) is 3.74. The highest BCUT2D eigenvalue weighted by Crippen LogP contribution is 2.04. The molecule has 78 valence electrons. The molecule has 0 aliphatic carbocycles. The second-order valence-electron chi connectivity index (χ2n) is 2.90. The summed E-state index contributed by atoms with van der Waals surface area (Å²) in [5.74, 6) is 5.89. The van der Waals surface area contributed by atoms with Crippen LogP contribution in [0.15, 0.2) is 22.9 Å². The molecule has 1 amide bonds. The van der Waals surface area contributed by atoms with Crippen LogP contribution in [0.2, 0.25) is 0 Å². The molecular weight excluding hydrogens is 256 g/mol. The summed E-state index contributed by atoms with van der Waals surface area (Å²) in [7, 11) is 0. The molecule has 4 heteroatoms. The topological polar surface area (TPSA) is 42.0 Å². The SMILES string of the molecule is CC(=O)NCCC#Cc1ccc(Br)nc1. The van der Waals surface area contributed by atoms with Gasteiger partial charge in [-0.25, -0.2) is 4.98 Å². The van der Waals surface area contributed by atoms with Gasteiger partial charge in [0.05, 0.1) is 0 Å². The second kappa shape index (κ2) is 6.20. The van der Waals surface area contributed by atoms with Crippen LogP contribution in [0.5, 0.6) is 0 Å². The summed E-state index contributed by atoms with van der Waals surface area (Å²) in [6.45, 7) is 2.08. The highest BCUT2D eigenvalue weighted by Gasteiger charge is 1.89. The summed E-state index contributed by atoms with van der Waals surface area (Å²) in [5, 5.41) is 2.68. The summed E-state index contributed by atoms with van der Waals surface area (Å²) < 4.78 is 0.797. The van der Waals surface area contributed by atoms with Gasteiger partial charge >= 0.3 is 0 Å². The standard InChI is InChI=1S/C11H11BrN2O/c1-9(15)13-7-3-2-4-10-5-6-11(12)14-8-10/h5-6,8H,3,7H2,1H3,(H,13,15). The minimum atomic E-state index is -0.0258. The van der Waals surface area contributed by atoms with Crippen molar-refractivity contribution in [2.45, 2.75) is 13.3 Å². The van der Waals surface area contributed by atoms with E-state index < -0.39 is 0 Å². The van der Waals surface area contributed by atoms with Crippen molar-refractivity contribution >= 4 is 21.8 Å². The molecular formula is C11H11BrN2O. The third-order valence-electron chi connectivity index (χ3n) is 1.58. The molecule has 0 fully saturated rings. The van der Waals surface area contributed by atoms with Gasteiger partial charge in [-0.05, 0) is 28.1 Å². The van der Waals surface area contributed by atoms with E-state index in [4.69, 9.17) is 0 Å². The third kappa shape index (κ3) is 5.18. The molecule has 0 unspecified atom stereocenters. The number of rotatable bonds is 2. The zero-order valence-corrected chi connectivity index (χ0v) is 9.97. The Morgan fingerprint density at radius 3 is 3.00 bits per heavy atom. The molecule has 0 aliphatic rings. The molecule has 0 atom stereocenters. The maximum absolute atomic E-state index is 10.5. The fourth-order valence-corrected chi connectivity index (χ4v) is 1.15. The Balaban J connectivity index is 2.38. The van der Waals surface area contributed by atoms with Gasteiger partial charge in [-0.2, -0.15) is 0 Å². The van der Waals surface area contributed by atoms with Crippen LogP contribution in [0.1, 0.15) is 18.9 Å². The van der Waals surface area contributed by atoms with E-state index in [2.05, 4.69) is 38.1 Å². The first-order valence-corrected chi connectivity index (χ1v) is 5.32. The zero-order chi connectivity index (χ0) is 11.1. The number of nitrogens with zero attached hydrogens (tertiary/aromatic N) is 1. The summed E-state index contributed by atoms with van der Waals surface area (Å²) in [4.78, 5) is 14.6. The van der Waals surface area contributed by atoms with Crippen molar-refractivity contribution in [3.05, 3.63) is 28.5 Å². The van der Waals surface area contributed by atoms with Gasteiger partial charge in [0.1, 0.15) is 4.60 Å². The van der Waals surface area contributed by atoms with Crippen LogP contribution in [-0.2, 0) is 4.79 Å². The molecule has 1 N–H and O–H groups in total. The van der Waals surface area contributed by atoms with E-state index in [1.54, 1.807) is 6.20 Å². The minimum Gasteiger partial charge on any atom is -0.355 e. The normalized spacial score (nSPS) is 8.93. The van der Waals surface area contributed by atoms with Gasteiger partial charge in [-0.1, -0.05) is 11.8 Å². The largest absolute Gasteiger partial charge is 0.355 e. The van der Waals surface area contributed by atoms with Gasteiger partial charge in [0.25, 0.3) is 0 Å². The van der Waals surface area contributed by atoms with Gasteiger partial charge in [-0.3, -0.25) is 4.79 Å². The van der Waals surface area contributed by atoms with E-state index in [9.17, 15) is 4.79 Å². The summed E-state index contributed by atoms with van der Waals surface area (Å²) >= 11 is 3.25. The first kappa shape index (κ1) is 11.7. The van der Waals surface area contributed by atoms with Gasteiger partial charge in [0, 0.05) is 31.6 Å². The van der Waals surface area contributed by atoms with Crippen molar-refractivity contribution in [1.82, 2.24) is 10.3 Å². The van der Waals surface area contributed by atoms with Crippen molar-refractivity contribution in [1.29, 1.82) is 0 Å². The van der Waals surface area contributed by atoms with Crippen LogP contribution in [0.4, 0.5) is 0 Å². The molecule has 0 radical (unpaired) electrons. The predicted octanol–water partition coefficient (Wildman–Crippen LogP) is 1.72. The molecule has 0 aliphatic heterocycles. The molecule has 0 aromatic carbocycles. The average Bonchev–Trinajstić information content (AvgIpc) is 2.20. The maximum atomic E-state index is 10.5. The van der Waals surface area contributed by atoms with E-state index in [1.165, 1.54) is 6.92 Å². The smallest absolute Gasteiger partial charge is 0.216 e. The van der Waals surface area contributed by atoms with Crippen molar-refractivity contribution < 1.29 is 4.79 Å². The number of amides is 1. The van der Waals surface area contributed by atoms with Crippen LogP contribution in [0.3, 0.4) is 0 Å². The Labute approximate surface area is 97.4 Å². The van der Waals surface area contributed by atoms with Crippen LogP contribution in [-0.4, -0.2) is 17.4 Å². The fourth-order valence-electron chi connectivity index (χ4n) is 0.915. The minimum absolute atomic E-state index is 0.0258. The van der Waals surface area contributed by atoms with Gasteiger partial charge in [0.2, 0.25) is 5.91 Å². The number of pyridine rings is 1. The number of hydrogen-bond donors (Lipinski definition) is 1. The van der Waals surface area contributed by atoms with Crippen LogP contribution in [0, 0.1) is 11.8 Å². The van der Waals surface area contributed by atoms with Crippen LogP contribution >= 0.6 is 15.9 Å². The lowest BCUT2D eigenvalue weighted by molar-refractivity contribution is -0.118. The maximum Gasteiger partial charge on any atom is 0.216 e. The molecule has 0 saturated carbocycles. The monoisotopic (exact) mass is 266 g/mol. The second-order valence-corrected chi connectivity index (χ2v) is 3.72. The number of hydrogen-bond acceptors (Lipinski definition) is 2. The van der Waals surface area contributed by atoms with Gasteiger partial charge in [-0.15, -0.1) is 0 Å². The average molecular weight is 267 g/mol. The first-order chi connectivity index (χ1) is 7.18. The van der Waals surface area contributed by atoms with Crippen LogP contribution < -0.4 is 5.32 Å². The van der Waals surface area contributed by atoms with E-state index in [0.29, 0.717) is 13.0 Å². The molecule has 1 aromatic heterocycles. The number of nitrogens with one attached hydrogen (secondary N) is 1. The van der Waals surface area contributed by atoms with Crippen molar-refractivity contribution in [3.8, 4) is 11.8 Å². The van der Waals surface area contributed by atoms with Crippen molar-refractivity contribution in [2.24, 2.45) is 0 Å².